The molecule has 0 aromatic heterocycles. The fourth-order valence-electron chi connectivity index (χ4n) is 1.30. The molecule has 13 heavy (non-hydrogen) atoms. The van der Waals surface area contributed by atoms with Crippen LogP contribution in [0.25, 0.3) is 0 Å². The highest BCUT2D eigenvalue weighted by atomic mass is 32.2. The minimum Gasteiger partial charge on any atom is -0.469 e. The zero-order valence-electron chi connectivity index (χ0n) is 8.04. The molecule has 1 rings (SSSR count). The summed E-state index contributed by atoms with van der Waals surface area (Å²) in [5.74, 6) is 1.97. The first-order chi connectivity index (χ1) is 6.22. The quantitative estimate of drug-likeness (QED) is 0.517. The molecule has 0 radical (unpaired) electrons. The summed E-state index contributed by atoms with van der Waals surface area (Å²) in [6, 6.07) is 0. The molecule has 0 aromatic rings. The number of thioether (sulfide) groups is 1. The van der Waals surface area contributed by atoms with E-state index in [4.69, 9.17) is 5.73 Å². The van der Waals surface area contributed by atoms with Crippen molar-refractivity contribution in [2.24, 2.45) is 11.1 Å². The van der Waals surface area contributed by atoms with E-state index >= 15 is 0 Å². The highest BCUT2D eigenvalue weighted by Gasteiger charge is 2.44. The van der Waals surface area contributed by atoms with Gasteiger partial charge < -0.3 is 10.5 Å². The minimum absolute atomic E-state index is 0.0779. The third-order valence-electron chi connectivity index (χ3n) is 2.37. The van der Waals surface area contributed by atoms with Crippen LogP contribution in [0.1, 0.15) is 19.3 Å². The monoisotopic (exact) mass is 203 g/mol. The van der Waals surface area contributed by atoms with Gasteiger partial charge in [-0.3, -0.25) is 4.79 Å². The van der Waals surface area contributed by atoms with Crippen molar-refractivity contribution in [2.45, 2.75) is 19.3 Å². The first-order valence-electron chi connectivity index (χ1n) is 4.57. The molecule has 76 valence electrons. The van der Waals surface area contributed by atoms with Crippen LogP contribution in [0.4, 0.5) is 0 Å². The van der Waals surface area contributed by atoms with Crippen LogP contribution in [-0.2, 0) is 9.53 Å². The van der Waals surface area contributed by atoms with Gasteiger partial charge in [-0.2, -0.15) is 11.8 Å². The highest BCUT2D eigenvalue weighted by Crippen LogP contribution is 2.51. The fraction of sp³-hybridized carbons (Fsp3) is 0.889. The summed E-state index contributed by atoms with van der Waals surface area (Å²) in [7, 11) is 1.45. The Morgan fingerprint density at radius 3 is 2.77 bits per heavy atom. The van der Waals surface area contributed by atoms with Crippen LogP contribution in [0.15, 0.2) is 0 Å². The molecule has 0 atom stereocenters. The van der Waals surface area contributed by atoms with E-state index in [0.717, 1.165) is 18.1 Å². The first kappa shape index (κ1) is 10.9. The summed E-state index contributed by atoms with van der Waals surface area (Å²) < 4.78 is 4.66. The SMILES string of the molecule is COC(=O)CC1(CSCCN)CC1. The van der Waals surface area contributed by atoms with Gasteiger partial charge in [-0.1, -0.05) is 0 Å². The van der Waals surface area contributed by atoms with Gasteiger partial charge in [0.25, 0.3) is 0 Å². The van der Waals surface area contributed by atoms with Crippen LogP contribution in [0.2, 0.25) is 0 Å². The zero-order chi connectivity index (χ0) is 9.73. The maximum atomic E-state index is 11.0. The second kappa shape index (κ2) is 4.86. The fourth-order valence-corrected chi connectivity index (χ4v) is 2.43. The summed E-state index contributed by atoms with van der Waals surface area (Å²) in [4.78, 5) is 11.0. The lowest BCUT2D eigenvalue weighted by Gasteiger charge is -2.12. The van der Waals surface area contributed by atoms with Gasteiger partial charge in [0, 0.05) is 12.3 Å². The zero-order valence-corrected chi connectivity index (χ0v) is 8.86. The number of ether oxygens (including phenoxy) is 1. The number of rotatable bonds is 6. The number of methoxy groups -OCH3 is 1. The number of nitrogens with two attached hydrogens (primary N) is 1. The molecule has 2 N–H and O–H groups in total. The van der Waals surface area contributed by atoms with E-state index in [1.807, 2.05) is 11.8 Å². The number of hydrogen-bond acceptors (Lipinski definition) is 4. The molecule has 0 bridgehead atoms. The molecule has 1 aliphatic rings. The Bertz CT molecular complexity index is 180. The van der Waals surface area contributed by atoms with E-state index in [-0.39, 0.29) is 11.4 Å². The van der Waals surface area contributed by atoms with Gasteiger partial charge in [0.2, 0.25) is 0 Å². The van der Waals surface area contributed by atoms with Crippen molar-refractivity contribution < 1.29 is 9.53 Å². The van der Waals surface area contributed by atoms with Crippen LogP contribution in [0.3, 0.4) is 0 Å². The summed E-state index contributed by atoms with van der Waals surface area (Å²) in [5.41, 5.74) is 5.65. The topological polar surface area (TPSA) is 52.3 Å². The van der Waals surface area contributed by atoms with Crippen molar-refractivity contribution in [1.82, 2.24) is 0 Å². The van der Waals surface area contributed by atoms with Crippen LogP contribution >= 0.6 is 11.8 Å². The number of carbonyl (C=O) groups excluding carboxylic acids is 1. The normalized spacial score (nSPS) is 18.3. The van der Waals surface area contributed by atoms with Crippen LogP contribution in [-0.4, -0.2) is 31.1 Å². The van der Waals surface area contributed by atoms with Crippen molar-refractivity contribution >= 4 is 17.7 Å². The second-order valence-corrected chi connectivity index (χ2v) is 4.70. The summed E-state index contributed by atoms with van der Waals surface area (Å²) in [5, 5.41) is 0. The standard InChI is InChI=1S/C9H17NO2S/c1-12-8(11)6-9(2-3-9)7-13-5-4-10/h2-7,10H2,1H3. The lowest BCUT2D eigenvalue weighted by molar-refractivity contribution is -0.141. The van der Waals surface area contributed by atoms with Crippen LogP contribution in [0, 0.1) is 5.41 Å². The van der Waals surface area contributed by atoms with Gasteiger partial charge in [-0.15, -0.1) is 0 Å². The second-order valence-electron chi connectivity index (χ2n) is 3.59. The van der Waals surface area contributed by atoms with Crippen molar-refractivity contribution in [1.29, 1.82) is 0 Å². The van der Waals surface area contributed by atoms with E-state index in [1.54, 1.807) is 0 Å². The lowest BCUT2D eigenvalue weighted by atomic mass is 10.1. The Kier molecular flexibility index (Phi) is 4.06. The first-order valence-corrected chi connectivity index (χ1v) is 5.72. The Morgan fingerprint density at radius 2 is 2.31 bits per heavy atom. The molecule has 4 heteroatoms. The Morgan fingerprint density at radius 1 is 1.62 bits per heavy atom. The van der Waals surface area contributed by atoms with E-state index in [9.17, 15) is 4.79 Å². The van der Waals surface area contributed by atoms with Gasteiger partial charge in [0.1, 0.15) is 0 Å². The predicted octanol–water partition coefficient (Wildman–Crippen LogP) is 1.02. The largest absolute Gasteiger partial charge is 0.469 e. The van der Waals surface area contributed by atoms with Gasteiger partial charge in [-0.25, -0.2) is 0 Å². The van der Waals surface area contributed by atoms with Gasteiger partial charge in [0.05, 0.1) is 13.5 Å². The van der Waals surface area contributed by atoms with Crippen LogP contribution < -0.4 is 5.73 Å². The third-order valence-corrected chi connectivity index (χ3v) is 3.72. The Hall–Kier alpha value is -0.220. The predicted molar refractivity (Wildman–Crippen MR) is 54.7 cm³/mol. The maximum absolute atomic E-state index is 11.0. The molecule has 0 aromatic carbocycles. The van der Waals surface area contributed by atoms with Crippen LogP contribution in [0.5, 0.6) is 0 Å². The molecular weight excluding hydrogens is 186 g/mol. The van der Waals surface area contributed by atoms with Gasteiger partial charge in [0.15, 0.2) is 0 Å². The summed E-state index contributed by atoms with van der Waals surface area (Å²) in [6.45, 7) is 0.721. The molecule has 1 fully saturated rings. The lowest BCUT2D eigenvalue weighted by Crippen LogP contribution is -2.14. The Balaban J connectivity index is 2.18. The van der Waals surface area contributed by atoms with Gasteiger partial charge >= 0.3 is 5.97 Å². The van der Waals surface area contributed by atoms with Crippen molar-refractivity contribution in [3.63, 3.8) is 0 Å². The molecule has 0 saturated heterocycles. The molecule has 1 saturated carbocycles. The average molecular weight is 203 g/mol. The molecule has 0 aliphatic heterocycles. The molecule has 1 aliphatic carbocycles. The molecular formula is C9H17NO2S. The Labute approximate surface area is 83.4 Å². The van der Waals surface area contributed by atoms with Crippen molar-refractivity contribution in [3.8, 4) is 0 Å². The van der Waals surface area contributed by atoms with E-state index in [1.165, 1.54) is 20.0 Å². The highest BCUT2D eigenvalue weighted by molar-refractivity contribution is 7.99. The third kappa shape index (κ3) is 3.56. The maximum Gasteiger partial charge on any atom is 0.306 e. The summed E-state index contributed by atoms with van der Waals surface area (Å²) in [6.07, 6.45) is 2.92. The van der Waals surface area contributed by atoms with E-state index in [2.05, 4.69) is 4.74 Å². The molecule has 0 heterocycles. The molecule has 0 unspecified atom stereocenters. The molecule has 3 nitrogen and oxygen atoms in total. The number of esters is 1. The molecule has 0 spiro atoms. The summed E-state index contributed by atoms with van der Waals surface area (Å²) >= 11 is 1.84. The average Bonchev–Trinajstić information content (AvgIpc) is 2.86. The minimum atomic E-state index is -0.0779. The number of hydrogen-bond donors (Lipinski definition) is 1. The molecule has 0 amide bonds. The van der Waals surface area contributed by atoms with Crippen molar-refractivity contribution in [2.75, 3.05) is 25.2 Å². The number of carbonyl (C=O) groups is 1. The van der Waals surface area contributed by atoms with E-state index < -0.39 is 0 Å². The smallest absolute Gasteiger partial charge is 0.306 e. The van der Waals surface area contributed by atoms with Crippen molar-refractivity contribution in [3.05, 3.63) is 0 Å². The van der Waals surface area contributed by atoms with E-state index in [0.29, 0.717) is 6.42 Å². The van der Waals surface area contributed by atoms with Gasteiger partial charge in [-0.05, 0) is 24.0 Å².